The highest BCUT2D eigenvalue weighted by atomic mass is 16.5. The van der Waals surface area contributed by atoms with Gasteiger partial charge in [0.1, 0.15) is 17.9 Å². The molecule has 0 saturated carbocycles. The van der Waals surface area contributed by atoms with Crippen LogP contribution >= 0.6 is 0 Å². The maximum atomic E-state index is 5.82. The Labute approximate surface area is 126 Å². The number of anilines is 1. The molecule has 21 heavy (non-hydrogen) atoms. The van der Waals surface area contributed by atoms with E-state index in [4.69, 9.17) is 4.74 Å². The first-order valence-electron chi connectivity index (χ1n) is 7.54. The van der Waals surface area contributed by atoms with E-state index >= 15 is 0 Å². The van der Waals surface area contributed by atoms with Crippen molar-refractivity contribution in [3.63, 3.8) is 0 Å². The molecule has 0 radical (unpaired) electrons. The summed E-state index contributed by atoms with van der Waals surface area (Å²) in [4.78, 5) is 10.8. The van der Waals surface area contributed by atoms with Crippen molar-refractivity contribution in [2.24, 2.45) is 0 Å². The summed E-state index contributed by atoms with van der Waals surface area (Å²) in [6.45, 7) is 8.32. The van der Waals surface area contributed by atoms with Crippen molar-refractivity contribution >= 4 is 5.82 Å². The van der Waals surface area contributed by atoms with Gasteiger partial charge in [0.25, 0.3) is 0 Å². The molecule has 4 heteroatoms. The standard InChI is InChI=1S/C17H23N3O/c1-4-6-10-20(5-2)16-12-17(19-13-18-16)21-15-9-7-8-14(3)11-15/h7-9,11-13H,4-6,10H2,1-3H3. The van der Waals surface area contributed by atoms with Crippen LogP contribution in [0.5, 0.6) is 11.6 Å². The van der Waals surface area contributed by atoms with Crippen molar-refractivity contribution in [1.29, 1.82) is 0 Å². The molecule has 0 saturated heterocycles. The summed E-state index contributed by atoms with van der Waals surface area (Å²) in [5, 5.41) is 0. The van der Waals surface area contributed by atoms with Crippen molar-refractivity contribution in [2.45, 2.75) is 33.6 Å². The molecule has 1 aromatic carbocycles. The number of hydrogen-bond acceptors (Lipinski definition) is 4. The van der Waals surface area contributed by atoms with Gasteiger partial charge in [-0.2, -0.15) is 0 Å². The Kier molecular flexibility index (Phi) is 5.55. The summed E-state index contributed by atoms with van der Waals surface area (Å²) >= 11 is 0. The Hall–Kier alpha value is -2.10. The van der Waals surface area contributed by atoms with Crippen LogP contribution in [0.2, 0.25) is 0 Å². The normalized spacial score (nSPS) is 10.4. The van der Waals surface area contributed by atoms with Crippen molar-refractivity contribution < 1.29 is 4.74 Å². The Bertz CT molecular complexity index is 571. The second-order valence-corrected chi connectivity index (χ2v) is 5.07. The van der Waals surface area contributed by atoms with Crippen LogP contribution in [-0.4, -0.2) is 23.1 Å². The molecular weight excluding hydrogens is 262 g/mol. The van der Waals surface area contributed by atoms with E-state index in [-0.39, 0.29) is 0 Å². The predicted molar refractivity (Wildman–Crippen MR) is 86.1 cm³/mol. The number of aromatic nitrogens is 2. The number of rotatable bonds is 7. The molecule has 1 aromatic heterocycles. The number of hydrogen-bond donors (Lipinski definition) is 0. The van der Waals surface area contributed by atoms with Gasteiger partial charge < -0.3 is 9.64 Å². The quantitative estimate of drug-likeness (QED) is 0.764. The van der Waals surface area contributed by atoms with Gasteiger partial charge in [-0.25, -0.2) is 9.97 Å². The summed E-state index contributed by atoms with van der Waals surface area (Å²) in [6, 6.07) is 9.86. The molecule has 0 bridgehead atoms. The van der Waals surface area contributed by atoms with Gasteiger partial charge >= 0.3 is 0 Å². The Balaban J connectivity index is 2.13. The van der Waals surface area contributed by atoms with E-state index < -0.39 is 0 Å². The predicted octanol–water partition coefficient (Wildman–Crippen LogP) is 4.20. The van der Waals surface area contributed by atoms with Crippen molar-refractivity contribution in [3.8, 4) is 11.6 Å². The van der Waals surface area contributed by atoms with E-state index in [2.05, 4.69) is 28.7 Å². The third-order valence-corrected chi connectivity index (χ3v) is 3.33. The van der Waals surface area contributed by atoms with E-state index in [0.29, 0.717) is 5.88 Å². The number of nitrogens with zero attached hydrogens (tertiary/aromatic N) is 3. The van der Waals surface area contributed by atoms with E-state index in [9.17, 15) is 0 Å². The molecule has 0 spiro atoms. The van der Waals surface area contributed by atoms with Crippen LogP contribution in [0, 0.1) is 6.92 Å². The lowest BCUT2D eigenvalue weighted by Gasteiger charge is -2.21. The summed E-state index contributed by atoms with van der Waals surface area (Å²) < 4.78 is 5.82. The minimum atomic E-state index is 0.584. The molecule has 0 aliphatic carbocycles. The molecule has 2 aromatic rings. The average Bonchev–Trinajstić information content (AvgIpc) is 2.48. The maximum absolute atomic E-state index is 5.82. The topological polar surface area (TPSA) is 38.2 Å². The van der Waals surface area contributed by atoms with Crippen LogP contribution in [0.4, 0.5) is 5.82 Å². The van der Waals surface area contributed by atoms with Gasteiger partial charge in [0.05, 0.1) is 0 Å². The fourth-order valence-electron chi connectivity index (χ4n) is 2.14. The molecule has 0 N–H and O–H groups in total. The minimum Gasteiger partial charge on any atom is -0.439 e. The van der Waals surface area contributed by atoms with E-state index in [0.717, 1.165) is 31.1 Å². The number of ether oxygens (including phenoxy) is 1. The zero-order valence-electron chi connectivity index (χ0n) is 13.0. The number of unbranched alkanes of at least 4 members (excludes halogenated alkanes) is 1. The maximum Gasteiger partial charge on any atom is 0.224 e. The zero-order chi connectivity index (χ0) is 15.1. The summed E-state index contributed by atoms with van der Waals surface area (Å²) in [6.07, 6.45) is 3.90. The lowest BCUT2D eigenvalue weighted by atomic mass is 10.2. The summed E-state index contributed by atoms with van der Waals surface area (Å²) in [5.74, 6) is 2.31. The van der Waals surface area contributed by atoms with Crippen LogP contribution < -0.4 is 9.64 Å². The lowest BCUT2D eigenvalue weighted by molar-refractivity contribution is 0.461. The van der Waals surface area contributed by atoms with Gasteiger partial charge in [0, 0.05) is 19.2 Å². The Morgan fingerprint density at radius 1 is 1.14 bits per heavy atom. The minimum absolute atomic E-state index is 0.584. The van der Waals surface area contributed by atoms with E-state index in [1.165, 1.54) is 12.0 Å². The lowest BCUT2D eigenvalue weighted by Crippen LogP contribution is -2.24. The first-order chi connectivity index (χ1) is 10.2. The molecule has 0 aliphatic rings. The Morgan fingerprint density at radius 2 is 2.00 bits per heavy atom. The average molecular weight is 285 g/mol. The van der Waals surface area contributed by atoms with Gasteiger partial charge in [-0.05, 0) is 38.0 Å². The molecule has 0 aliphatic heterocycles. The monoisotopic (exact) mass is 285 g/mol. The van der Waals surface area contributed by atoms with Crippen LogP contribution in [-0.2, 0) is 0 Å². The van der Waals surface area contributed by atoms with Gasteiger partial charge in [0.15, 0.2) is 0 Å². The zero-order valence-corrected chi connectivity index (χ0v) is 13.0. The highest BCUT2D eigenvalue weighted by Gasteiger charge is 2.08. The molecule has 4 nitrogen and oxygen atoms in total. The SMILES string of the molecule is CCCCN(CC)c1cc(Oc2cccc(C)c2)ncn1. The Morgan fingerprint density at radius 3 is 2.71 bits per heavy atom. The molecule has 1 heterocycles. The van der Waals surface area contributed by atoms with E-state index in [1.54, 1.807) is 6.33 Å². The van der Waals surface area contributed by atoms with Gasteiger partial charge in [-0.3, -0.25) is 0 Å². The number of benzene rings is 1. The van der Waals surface area contributed by atoms with Gasteiger partial charge in [0.2, 0.25) is 5.88 Å². The first kappa shape index (κ1) is 15.3. The van der Waals surface area contributed by atoms with Crippen molar-refractivity contribution in [3.05, 3.63) is 42.2 Å². The second kappa shape index (κ2) is 7.62. The van der Waals surface area contributed by atoms with Gasteiger partial charge in [-0.1, -0.05) is 25.5 Å². The highest BCUT2D eigenvalue weighted by molar-refractivity contribution is 5.42. The molecule has 2 rings (SSSR count). The van der Waals surface area contributed by atoms with Crippen LogP contribution in [0.15, 0.2) is 36.7 Å². The van der Waals surface area contributed by atoms with Crippen LogP contribution in [0.25, 0.3) is 0 Å². The molecule has 0 unspecified atom stereocenters. The molecule has 0 amide bonds. The van der Waals surface area contributed by atoms with Gasteiger partial charge in [-0.15, -0.1) is 0 Å². The molecule has 112 valence electrons. The fourth-order valence-corrected chi connectivity index (χ4v) is 2.14. The third-order valence-electron chi connectivity index (χ3n) is 3.33. The molecular formula is C17H23N3O. The summed E-state index contributed by atoms with van der Waals surface area (Å²) in [5.41, 5.74) is 1.17. The second-order valence-electron chi connectivity index (χ2n) is 5.07. The third kappa shape index (κ3) is 4.45. The van der Waals surface area contributed by atoms with E-state index in [1.807, 2.05) is 37.3 Å². The fraction of sp³-hybridized carbons (Fsp3) is 0.412. The number of aryl methyl sites for hydroxylation is 1. The van der Waals surface area contributed by atoms with Crippen molar-refractivity contribution in [2.75, 3.05) is 18.0 Å². The summed E-state index contributed by atoms with van der Waals surface area (Å²) in [7, 11) is 0. The van der Waals surface area contributed by atoms with Crippen LogP contribution in [0.3, 0.4) is 0 Å². The largest absolute Gasteiger partial charge is 0.439 e. The molecule has 0 fully saturated rings. The van der Waals surface area contributed by atoms with Crippen LogP contribution in [0.1, 0.15) is 32.3 Å². The highest BCUT2D eigenvalue weighted by Crippen LogP contribution is 2.23. The molecule has 0 atom stereocenters. The smallest absolute Gasteiger partial charge is 0.224 e. The first-order valence-corrected chi connectivity index (χ1v) is 7.54. The van der Waals surface area contributed by atoms with Crippen molar-refractivity contribution in [1.82, 2.24) is 9.97 Å².